The Labute approximate surface area is 50.3 Å². The maximum absolute atomic E-state index is 2.00. The minimum atomic E-state index is 0. The standard InChI is InChI=1S/C3H9N.Sn.4H/c1-4(2)3;;;;;/h1-3H3;;;;;. The van der Waals surface area contributed by atoms with Crippen LogP contribution in [0, 0.1) is 0 Å². The molecule has 1 nitrogen and oxygen atoms in total. The summed E-state index contributed by atoms with van der Waals surface area (Å²) >= 11 is 0. The van der Waals surface area contributed by atoms with E-state index in [1.165, 1.54) is 0 Å². The zero-order valence-corrected chi connectivity index (χ0v) is 3.45. The van der Waals surface area contributed by atoms with E-state index in [0.717, 1.165) is 0 Å². The van der Waals surface area contributed by atoms with E-state index in [2.05, 4.69) is 0 Å². The first-order valence-electron chi connectivity index (χ1n) is 1.34. The molecule has 34 valence electrons. The van der Waals surface area contributed by atoms with Crippen molar-refractivity contribution in [1.29, 1.82) is 0 Å². The summed E-state index contributed by atoms with van der Waals surface area (Å²) < 4.78 is 0. The van der Waals surface area contributed by atoms with E-state index in [4.69, 9.17) is 0 Å². The van der Waals surface area contributed by atoms with E-state index in [1.807, 2.05) is 26.0 Å². The third-order valence-electron chi connectivity index (χ3n) is 0. The molecule has 0 saturated carbocycles. The summed E-state index contributed by atoms with van der Waals surface area (Å²) in [5.41, 5.74) is 0. The van der Waals surface area contributed by atoms with E-state index in [1.54, 1.807) is 0 Å². The third kappa shape index (κ3) is 62.9. The molecule has 0 aliphatic carbocycles. The van der Waals surface area contributed by atoms with Gasteiger partial charge in [0.25, 0.3) is 0 Å². The Bertz CT molecular complexity index is 11.6. The minimum absolute atomic E-state index is 0. The number of hydrogen-bond donors (Lipinski definition) is 0. The van der Waals surface area contributed by atoms with Gasteiger partial charge in [0.1, 0.15) is 0 Å². The van der Waals surface area contributed by atoms with Crippen molar-refractivity contribution in [3.8, 4) is 0 Å². The predicted molar refractivity (Wildman–Crippen MR) is 30.9 cm³/mol. The van der Waals surface area contributed by atoms with Gasteiger partial charge in [0, 0.05) is 0 Å². The molecule has 0 heterocycles. The Hall–Kier alpha value is 0.759. The molecule has 0 spiro atoms. The van der Waals surface area contributed by atoms with E-state index in [0.29, 0.717) is 0 Å². The van der Waals surface area contributed by atoms with Crippen LogP contribution in [-0.4, -0.2) is 50.0 Å². The van der Waals surface area contributed by atoms with Gasteiger partial charge in [-0.3, -0.25) is 0 Å². The van der Waals surface area contributed by atoms with Crippen LogP contribution in [0.5, 0.6) is 0 Å². The fourth-order valence-corrected chi connectivity index (χ4v) is 0. The predicted octanol–water partition coefficient (Wildman–Crippen LogP) is -1.27. The first-order valence-corrected chi connectivity index (χ1v) is 1.34. The zero-order chi connectivity index (χ0) is 3.58. The van der Waals surface area contributed by atoms with Crippen molar-refractivity contribution in [2.24, 2.45) is 0 Å². The van der Waals surface area contributed by atoms with E-state index in [-0.39, 0.29) is 23.9 Å². The molecule has 0 aliphatic heterocycles. The van der Waals surface area contributed by atoms with Crippen molar-refractivity contribution in [2.45, 2.75) is 0 Å². The third-order valence-corrected chi connectivity index (χ3v) is 0. The molecule has 0 rings (SSSR count). The first-order chi connectivity index (χ1) is 1.73. The number of rotatable bonds is 0. The van der Waals surface area contributed by atoms with Gasteiger partial charge >= 0.3 is 23.9 Å². The van der Waals surface area contributed by atoms with Crippen LogP contribution in [-0.2, 0) is 0 Å². The summed E-state index contributed by atoms with van der Waals surface area (Å²) in [6, 6.07) is 0. The molecule has 0 fully saturated rings. The van der Waals surface area contributed by atoms with Crippen molar-refractivity contribution >= 4 is 23.9 Å². The van der Waals surface area contributed by atoms with Crippen LogP contribution in [0.3, 0.4) is 0 Å². The van der Waals surface area contributed by atoms with Gasteiger partial charge in [0.2, 0.25) is 0 Å². The normalized spacial score (nSPS) is 7.20. The molecule has 0 saturated heterocycles. The Balaban J connectivity index is 0. The van der Waals surface area contributed by atoms with E-state index in [9.17, 15) is 0 Å². The van der Waals surface area contributed by atoms with Crippen molar-refractivity contribution in [1.82, 2.24) is 4.90 Å². The second kappa shape index (κ2) is 4.76. The Morgan fingerprint density at radius 2 is 1.00 bits per heavy atom. The van der Waals surface area contributed by atoms with Gasteiger partial charge in [0.05, 0.1) is 0 Å². The summed E-state index contributed by atoms with van der Waals surface area (Å²) in [4.78, 5) is 2.00. The van der Waals surface area contributed by atoms with Crippen molar-refractivity contribution in [3.63, 3.8) is 0 Å². The number of hydrogen-bond acceptors (Lipinski definition) is 1. The second-order valence-electron chi connectivity index (χ2n) is 1.34. The summed E-state index contributed by atoms with van der Waals surface area (Å²) in [6.45, 7) is 0. The molecule has 0 aliphatic rings. The van der Waals surface area contributed by atoms with Crippen molar-refractivity contribution < 1.29 is 0 Å². The van der Waals surface area contributed by atoms with Crippen LogP contribution in [0.4, 0.5) is 0 Å². The van der Waals surface area contributed by atoms with Crippen LogP contribution >= 0.6 is 0 Å². The summed E-state index contributed by atoms with van der Waals surface area (Å²) in [5.74, 6) is 0. The average Bonchev–Trinajstić information content (AvgIpc) is 0.811. The molecule has 0 unspecified atom stereocenters. The average molecular weight is 182 g/mol. The first kappa shape index (κ1) is 9.23. The van der Waals surface area contributed by atoms with Crippen molar-refractivity contribution in [2.75, 3.05) is 21.1 Å². The van der Waals surface area contributed by atoms with Gasteiger partial charge in [-0.1, -0.05) is 0 Å². The monoisotopic (exact) mass is 183 g/mol. The van der Waals surface area contributed by atoms with E-state index < -0.39 is 0 Å². The van der Waals surface area contributed by atoms with Gasteiger partial charge in [-0.25, -0.2) is 0 Å². The van der Waals surface area contributed by atoms with Crippen LogP contribution in [0.25, 0.3) is 0 Å². The molecule has 0 aromatic rings. The fraction of sp³-hybridized carbons (Fsp3) is 1.00. The quantitative estimate of drug-likeness (QED) is 0.422. The Morgan fingerprint density at radius 1 is 1.00 bits per heavy atom. The van der Waals surface area contributed by atoms with Gasteiger partial charge in [-0.2, -0.15) is 0 Å². The summed E-state index contributed by atoms with van der Waals surface area (Å²) in [6.07, 6.45) is 0. The SMILES string of the molecule is CN(C)C.[SnH4]. The molecule has 0 bridgehead atoms. The van der Waals surface area contributed by atoms with Gasteiger partial charge in [0.15, 0.2) is 0 Å². The van der Waals surface area contributed by atoms with Crippen LogP contribution in [0.1, 0.15) is 0 Å². The fourth-order valence-electron chi connectivity index (χ4n) is 0. The van der Waals surface area contributed by atoms with Gasteiger partial charge in [-0.15, -0.1) is 0 Å². The molecular formula is C3H13NSn. The molecule has 0 aromatic heterocycles. The van der Waals surface area contributed by atoms with Crippen LogP contribution < -0.4 is 0 Å². The zero-order valence-electron chi connectivity index (χ0n) is 3.45. The van der Waals surface area contributed by atoms with Crippen LogP contribution in [0.2, 0.25) is 0 Å². The Morgan fingerprint density at radius 3 is 1.00 bits per heavy atom. The molecule has 0 radical (unpaired) electrons. The molecule has 5 heavy (non-hydrogen) atoms. The van der Waals surface area contributed by atoms with Gasteiger partial charge in [-0.05, 0) is 21.1 Å². The molecular weight excluding hydrogens is 169 g/mol. The van der Waals surface area contributed by atoms with E-state index >= 15 is 0 Å². The molecule has 0 aromatic carbocycles. The second-order valence-corrected chi connectivity index (χ2v) is 1.34. The summed E-state index contributed by atoms with van der Waals surface area (Å²) in [5, 5.41) is 0. The summed E-state index contributed by atoms with van der Waals surface area (Å²) in [7, 11) is 6.00. The molecule has 2 heteroatoms. The van der Waals surface area contributed by atoms with Crippen LogP contribution in [0.15, 0.2) is 0 Å². The maximum atomic E-state index is 2.00. The Kier molecular flexibility index (Phi) is 8.79. The van der Waals surface area contributed by atoms with Gasteiger partial charge < -0.3 is 4.90 Å². The topological polar surface area (TPSA) is 3.24 Å². The molecule has 0 amide bonds. The van der Waals surface area contributed by atoms with Crippen molar-refractivity contribution in [3.05, 3.63) is 0 Å². The molecule has 0 N–H and O–H groups in total. The number of nitrogens with zero attached hydrogens (tertiary/aromatic N) is 1. The molecule has 0 atom stereocenters.